The second kappa shape index (κ2) is 7.61. The first kappa shape index (κ1) is 17.2. The molecule has 0 aliphatic rings. The second-order valence-electron chi connectivity index (χ2n) is 4.11. The van der Waals surface area contributed by atoms with Crippen molar-refractivity contribution >= 4 is 39.9 Å². The van der Waals surface area contributed by atoms with Gasteiger partial charge in [0.25, 0.3) is 0 Å². The zero-order valence-corrected chi connectivity index (χ0v) is 13.0. The number of hydrogen-bond acceptors (Lipinski definition) is 3. The van der Waals surface area contributed by atoms with Gasteiger partial charge in [-0.3, -0.25) is 4.79 Å². The maximum absolute atomic E-state index is 11.7. The van der Waals surface area contributed by atoms with E-state index >= 15 is 0 Å². The number of halogens is 2. The molecule has 0 spiro atoms. The molecule has 6 heteroatoms. The highest BCUT2D eigenvalue weighted by Gasteiger charge is 2.17. The lowest BCUT2D eigenvalue weighted by atomic mass is 10.0. The van der Waals surface area contributed by atoms with Gasteiger partial charge in [0.1, 0.15) is 5.75 Å². The normalized spacial score (nSPS) is 11.7. The first-order chi connectivity index (χ1) is 7.95. The summed E-state index contributed by atoms with van der Waals surface area (Å²) in [5.74, 6) is 0.581. The van der Waals surface area contributed by atoms with Crippen molar-refractivity contribution < 1.29 is 9.53 Å². The molecule has 0 heterocycles. The highest BCUT2D eigenvalue weighted by molar-refractivity contribution is 9.10. The average molecular weight is 338 g/mol. The van der Waals surface area contributed by atoms with E-state index in [1.54, 1.807) is 19.2 Å². The van der Waals surface area contributed by atoms with E-state index in [2.05, 4.69) is 21.2 Å². The van der Waals surface area contributed by atoms with Gasteiger partial charge in [-0.1, -0.05) is 13.8 Å². The number of methoxy groups -OCH3 is 1. The standard InChI is InChI=1S/C12H17BrN2O2.ClH/c1-7(2)11(14)12(16)15-8-4-5-9(13)10(6-8)17-3;/h4-7,11H,14H2,1-3H3,(H,15,16);1H. The van der Waals surface area contributed by atoms with Crippen molar-refractivity contribution in [3.63, 3.8) is 0 Å². The molecule has 18 heavy (non-hydrogen) atoms. The first-order valence-electron chi connectivity index (χ1n) is 5.35. The van der Waals surface area contributed by atoms with Crippen molar-refractivity contribution in [1.29, 1.82) is 0 Å². The van der Waals surface area contributed by atoms with Crippen molar-refractivity contribution in [3.05, 3.63) is 22.7 Å². The maximum atomic E-state index is 11.7. The molecular weight excluding hydrogens is 320 g/mol. The van der Waals surface area contributed by atoms with Crippen LogP contribution in [0.2, 0.25) is 0 Å². The molecule has 1 unspecified atom stereocenters. The summed E-state index contributed by atoms with van der Waals surface area (Å²) in [7, 11) is 1.57. The number of nitrogens with one attached hydrogen (secondary N) is 1. The summed E-state index contributed by atoms with van der Waals surface area (Å²) in [5.41, 5.74) is 6.43. The molecule has 1 aromatic carbocycles. The zero-order valence-electron chi connectivity index (χ0n) is 10.6. The Morgan fingerprint density at radius 1 is 1.44 bits per heavy atom. The van der Waals surface area contributed by atoms with Crippen LogP contribution in [0.5, 0.6) is 5.75 Å². The summed E-state index contributed by atoms with van der Waals surface area (Å²) in [6, 6.07) is 4.84. The van der Waals surface area contributed by atoms with E-state index in [4.69, 9.17) is 10.5 Å². The fraction of sp³-hybridized carbons (Fsp3) is 0.417. The van der Waals surface area contributed by atoms with Gasteiger partial charge in [-0.05, 0) is 34.0 Å². The highest BCUT2D eigenvalue weighted by atomic mass is 79.9. The van der Waals surface area contributed by atoms with Crippen molar-refractivity contribution in [2.75, 3.05) is 12.4 Å². The number of benzene rings is 1. The van der Waals surface area contributed by atoms with Crippen molar-refractivity contribution in [2.45, 2.75) is 19.9 Å². The Labute approximate surface area is 122 Å². The number of amides is 1. The van der Waals surface area contributed by atoms with Crippen molar-refractivity contribution in [2.24, 2.45) is 11.7 Å². The molecule has 0 radical (unpaired) electrons. The van der Waals surface area contributed by atoms with Crippen LogP contribution in [-0.4, -0.2) is 19.1 Å². The molecule has 4 nitrogen and oxygen atoms in total. The number of carbonyl (C=O) groups is 1. The lowest BCUT2D eigenvalue weighted by Gasteiger charge is -2.15. The van der Waals surface area contributed by atoms with Crippen LogP contribution in [-0.2, 0) is 4.79 Å². The van der Waals surface area contributed by atoms with E-state index in [0.29, 0.717) is 11.4 Å². The minimum atomic E-state index is -0.510. The molecular formula is C12H18BrClN2O2. The first-order valence-corrected chi connectivity index (χ1v) is 6.15. The van der Waals surface area contributed by atoms with Crippen molar-refractivity contribution in [3.8, 4) is 5.75 Å². The Morgan fingerprint density at radius 3 is 2.56 bits per heavy atom. The molecule has 0 aromatic heterocycles. The fourth-order valence-corrected chi connectivity index (χ4v) is 1.67. The predicted molar refractivity (Wildman–Crippen MR) is 79.4 cm³/mol. The molecule has 1 atom stereocenters. The lowest BCUT2D eigenvalue weighted by molar-refractivity contribution is -0.118. The van der Waals surface area contributed by atoms with E-state index in [0.717, 1.165) is 4.47 Å². The zero-order chi connectivity index (χ0) is 13.0. The summed E-state index contributed by atoms with van der Waals surface area (Å²) in [6.45, 7) is 3.82. The number of hydrogen-bond donors (Lipinski definition) is 2. The van der Waals surface area contributed by atoms with Crippen molar-refractivity contribution in [1.82, 2.24) is 0 Å². The number of nitrogens with two attached hydrogens (primary N) is 1. The van der Waals surface area contributed by atoms with Gasteiger partial charge in [-0.15, -0.1) is 12.4 Å². The highest BCUT2D eigenvalue weighted by Crippen LogP contribution is 2.27. The molecule has 0 fully saturated rings. The third-order valence-corrected chi connectivity index (χ3v) is 3.09. The van der Waals surface area contributed by atoms with Gasteiger partial charge < -0.3 is 15.8 Å². The van der Waals surface area contributed by atoms with Crippen LogP contribution < -0.4 is 15.8 Å². The molecule has 0 bridgehead atoms. The second-order valence-corrected chi connectivity index (χ2v) is 4.96. The van der Waals surface area contributed by atoms with Crippen LogP contribution >= 0.6 is 28.3 Å². The topological polar surface area (TPSA) is 64.3 Å². The fourth-order valence-electron chi connectivity index (χ4n) is 1.27. The Kier molecular flexibility index (Phi) is 7.28. The van der Waals surface area contributed by atoms with E-state index in [9.17, 15) is 4.79 Å². The minimum absolute atomic E-state index is 0. The Balaban J connectivity index is 0.00000289. The summed E-state index contributed by atoms with van der Waals surface area (Å²) < 4.78 is 5.98. The Morgan fingerprint density at radius 2 is 2.06 bits per heavy atom. The molecule has 1 amide bonds. The number of carbonyl (C=O) groups excluding carboxylic acids is 1. The van der Waals surface area contributed by atoms with Crippen LogP contribution in [0.25, 0.3) is 0 Å². The summed E-state index contributed by atoms with van der Waals surface area (Å²) in [4.78, 5) is 11.7. The van der Waals surface area contributed by atoms with Crippen LogP contribution in [0.4, 0.5) is 5.69 Å². The molecule has 0 aliphatic carbocycles. The SMILES string of the molecule is COc1cc(NC(=O)C(N)C(C)C)ccc1Br.Cl. The van der Waals surface area contributed by atoms with E-state index in [1.165, 1.54) is 0 Å². The van der Waals surface area contributed by atoms with Gasteiger partial charge in [0.05, 0.1) is 17.6 Å². The average Bonchev–Trinajstić information content (AvgIpc) is 2.30. The van der Waals surface area contributed by atoms with E-state index < -0.39 is 6.04 Å². The third kappa shape index (κ3) is 4.48. The van der Waals surface area contributed by atoms with Crippen LogP contribution in [0, 0.1) is 5.92 Å². The van der Waals surface area contributed by atoms with Crippen LogP contribution in [0.3, 0.4) is 0 Å². The number of ether oxygens (including phenoxy) is 1. The number of anilines is 1. The van der Waals surface area contributed by atoms with Crippen LogP contribution in [0.15, 0.2) is 22.7 Å². The smallest absolute Gasteiger partial charge is 0.241 e. The third-order valence-electron chi connectivity index (χ3n) is 2.44. The van der Waals surface area contributed by atoms with Gasteiger partial charge in [-0.2, -0.15) is 0 Å². The van der Waals surface area contributed by atoms with E-state index in [-0.39, 0.29) is 24.2 Å². The molecule has 1 rings (SSSR count). The van der Waals surface area contributed by atoms with Gasteiger partial charge >= 0.3 is 0 Å². The molecule has 3 N–H and O–H groups in total. The minimum Gasteiger partial charge on any atom is -0.495 e. The largest absolute Gasteiger partial charge is 0.495 e. The van der Waals surface area contributed by atoms with Crippen LogP contribution in [0.1, 0.15) is 13.8 Å². The quantitative estimate of drug-likeness (QED) is 0.888. The summed E-state index contributed by atoms with van der Waals surface area (Å²) in [6.07, 6.45) is 0. The molecule has 102 valence electrons. The lowest BCUT2D eigenvalue weighted by Crippen LogP contribution is -2.39. The van der Waals surface area contributed by atoms with Gasteiger partial charge in [0.15, 0.2) is 0 Å². The molecule has 0 saturated heterocycles. The predicted octanol–water partition coefficient (Wildman–Crippen LogP) is 2.80. The Hall–Kier alpha value is -0.780. The molecule has 0 aliphatic heterocycles. The van der Waals surface area contributed by atoms with Gasteiger partial charge in [0, 0.05) is 11.8 Å². The monoisotopic (exact) mass is 336 g/mol. The van der Waals surface area contributed by atoms with E-state index in [1.807, 2.05) is 19.9 Å². The Bertz CT molecular complexity index is 413. The summed E-state index contributed by atoms with van der Waals surface area (Å²) >= 11 is 3.35. The summed E-state index contributed by atoms with van der Waals surface area (Å²) in [5, 5.41) is 2.76. The van der Waals surface area contributed by atoms with Gasteiger partial charge in [-0.25, -0.2) is 0 Å². The van der Waals surface area contributed by atoms with Gasteiger partial charge in [0.2, 0.25) is 5.91 Å². The molecule has 0 saturated carbocycles. The maximum Gasteiger partial charge on any atom is 0.241 e. The number of rotatable bonds is 4. The molecule has 1 aromatic rings.